The van der Waals surface area contributed by atoms with Gasteiger partial charge in [-0.05, 0) is 18.6 Å². The fourth-order valence-corrected chi connectivity index (χ4v) is 1.25. The topological polar surface area (TPSA) is 30.2 Å². The summed E-state index contributed by atoms with van der Waals surface area (Å²) in [6.07, 6.45) is 0.564. The Balaban J connectivity index is 2.83. The molecule has 1 aromatic heterocycles. The molecule has 1 heterocycles. The summed E-state index contributed by atoms with van der Waals surface area (Å²) in [4.78, 5) is 10.4. The van der Waals surface area contributed by atoms with Crippen LogP contribution < -0.4 is 0 Å². The Bertz CT molecular complexity index is 471. The van der Waals surface area contributed by atoms with E-state index in [2.05, 4.69) is 0 Å². The van der Waals surface area contributed by atoms with Gasteiger partial charge in [-0.2, -0.15) is 0 Å². The molecule has 2 nitrogen and oxygen atoms in total. The minimum atomic E-state index is -0.398. The first-order valence-electron chi connectivity index (χ1n) is 3.86. The number of rotatable bonds is 1. The van der Waals surface area contributed by atoms with Crippen molar-refractivity contribution in [3.63, 3.8) is 0 Å². The molecular formula is C10H7FO2. The second-order valence-electron chi connectivity index (χ2n) is 2.88. The smallest absolute Gasteiger partial charge is 0.185 e. The number of fused-ring (bicyclic) bond motifs is 1. The lowest BCUT2D eigenvalue weighted by Gasteiger charge is -1.94. The third kappa shape index (κ3) is 1.13. The van der Waals surface area contributed by atoms with Gasteiger partial charge in [-0.1, -0.05) is 12.1 Å². The van der Waals surface area contributed by atoms with Crippen LogP contribution >= 0.6 is 0 Å². The lowest BCUT2D eigenvalue weighted by molar-refractivity contribution is 0.110. The highest BCUT2D eigenvalue weighted by molar-refractivity contribution is 5.85. The van der Waals surface area contributed by atoms with Crippen molar-refractivity contribution in [2.45, 2.75) is 6.92 Å². The zero-order chi connectivity index (χ0) is 9.42. The highest BCUT2D eigenvalue weighted by atomic mass is 19.1. The van der Waals surface area contributed by atoms with Crippen LogP contribution in [0.1, 0.15) is 16.1 Å². The number of halogens is 1. The molecule has 2 rings (SSSR count). The third-order valence-electron chi connectivity index (χ3n) is 1.95. The van der Waals surface area contributed by atoms with Gasteiger partial charge in [0.25, 0.3) is 0 Å². The summed E-state index contributed by atoms with van der Waals surface area (Å²) in [6.45, 7) is 1.65. The number of benzene rings is 1. The van der Waals surface area contributed by atoms with Crippen LogP contribution in [0.4, 0.5) is 4.39 Å². The molecular weight excluding hydrogens is 171 g/mol. The second-order valence-corrected chi connectivity index (χ2v) is 2.88. The molecule has 0 unspecified atom stereocenters. The monoisotopic (exact) mass is 178 g/mol. The second kappa shape index (κ2) is 2.69. The first kappa shape index (κ1) is 7.98. The quantitative estimate of drug-likeness (QED) is 0.628. The van der Waals surface area contributed by atoms with E-state index in [1.54, 1.807) is 19.1 Å². The minimum absolute atomic E-state index is 0.152. The lowest BCUT2D eigenvalue weighted by Crippen LogP contribution is -1.80. The lowest BCUT2D eigenvalue weighted by atomic mass is 10.2. The van der Waals surface area contributed by atoms with Crippen molar-refractivity contribution in [1.29, 1.82) is 0 Å². The normalized spacial score (nSPS) is 10.6. The fourth-order valence-electron chi connectivity index (χ4n) is 1.25. The van der Waals surface area contributed by atoms with E-state index in [0.717, 1.165) is 0 Å². The highest BCUT2D eigenvalue weighted by Gasteiger charge is 2.09. The standard InChI is InChI=1S/C10H7FO2/c1-6-2-3-7-4-8(5-12)13-10(7)9(6)11/h2-5H,1H3. The summed E-state index contributed by atoms with van der Waals surface area (Å²) < 4.78 is 18.3. The van der Waals surface area contributed by atoms with E-state index >= 15 is 0 Å². The van der Waals surface area contributed by atoms with Gasteiger partial charge in [-0.3, -0.25) is 4.79 Å². The third-order valence-corrected chi connectivity index (χ3v) is 1.95. The van der Waals surface area contributed by atoms with Crippen LogP contribution in [0.5, 0.6) is 0 Å². The van der Waals surface area contributed by atoms with Crippen molar-refractivity contribution < 1.29 is 13.6 Å². The Morgan fingerprint density at radius 2 is 2.23 bits per heavy atom. The zero-order valence-electron chi connectivity index (χ0n) is 7.00. The SMILES string of the molecule is Cc1ccc2cc(C=O)oc2c1F. The van der Waals surface area contributed by atoms with Gasteiger partial charge in [0.2, 0.25) is 0 Å². The molecule has 0 atom stereocenters. The van der Waals surface area contributed by atoms with Crippen molar-refractivity contribution >= 4 is 17.3 Å². The summed E-state index contributed by atoms with van der Waals surface area (Å²) in [5.41, 5.74) is 0.668. The number of hydrogen-bond donors (Lipinski definition) is 0. The first-order chi connectivity index (χ1) is 6.22. The molecule has 0 amide bonds. The van der Waals surface area contributed by atoms with Gasteiger partial charge >= 0.3 is 0 Å². The number of furan rings is 1. The Morgan fingerprint density at radius 1 is 1.46 bits per heavy atom. The predicted molar refractivity (Wildman–Crippen MR) is 46.3 cm³/mol. The Morgan fingerprint density at radius 3 is 2.92 bits per heavy atom. The zero-order valence-corrected chi connectivity index (χ0v) is 7.00. The number of aldehydes is 1. The predicted octanol–water partition coefficient (Wildman–Crippen LogP) is 2.69. The van der Waals surface area contributed by atoms with Gasteiger partial charge in [-0.25, -0.2) is 4.39 Å². The molecule has 0 fully saturated rings. The largest absolute Gasteiger partial charge is 0.450 e. The highest BCUT2D eigenvalue weighted by Crippen LogP contribution is 2.23. The molecule has 0 saturated carbocycles. The maximum Gasteiger partial charge on any atom is 0.185 e. The van der Waals surface area contributed by atoms with Crippen LogP contribution in [-0.4, -0.2) is 6.29 Å². The summed E-state index contributed by atoms with van der Waals surface area (Å²) in [7, 11) is 0. The van der Waals surface area contributed by atoms with E-state index in [0.29, 0.717) is 17.2 Å². The summed E-state index contributed by atoms with van der Waals surface area (Å²) in [5.74, 6) is -0.245. The number of carbonyl (C=O) groups is 1. The molecule has 0 aliphatic carbocycles. The maximum absolute atomic E-state index is 13.3. The van der Waals surface area contributed by atoms with Gasteiger partial charge in [0.15, 0.2) is 23.4 Å². The van der Waals surface area contributed by atoms with Crippen LogP contribution in [0.2, 0.25) is 0 Å². The maximum atomic E-state index is 13.3. The van der Waals surface area contributed by atoms with Crippen molar-refractivity contribution in [2.75, 3.05) is 0 Å². The van der Waals surface area contributed by atoms with E-state index in [-0.39, 0.29) is 11.3 Å². The molecule has 2 aromatic rings. The number of aryl methyl sites for hydroxylation is 1. The van der Waals surface area contributed by atoms with E-state index in [9.17, 15) is 9.18 Å². The number of carbonyl (C=O) groups excluding carboxylic acids is 1. The van der Waals surface area contributed by atoms with Gasteiger partial charge in [0, 0.05) is 5.39 Å². The molecule has 0 spiro atoms. The summed E-state index contributed by atoms with van der Waals surface area (Å²) in [5, 5.41) is 0.616. The molecule has 66 valence electrons. The van der Waals surface area contributed by atoms with Crippen LogP contribution in [0, 0.1) is 12.7 Å². The molecule has 0 radical (unpaired) electrons. The van der Waals surface area contributed by atoms with Crippen LogP contribution in [0.25, 0.3) is 11.0 Å². The molecule has 0 N–H and O–H groups in total. The van der Waals surface area contributed by atoms with Crippen LogP contribution in [-0.2, 0) is 0 Å². The number of hydrogen-bond acceptors (Lipinski definition) is 2. The fraction of sp³-hybridized carbons (Fsp3) is 0.100. The van der Waals surface area contributed by atoms with E-state index in [1.807, 2.05) is 0 Å². The molecule has 0 aliphatic rings. The molecule has 3 heteroatoms. The van der Waals surface area contributed by atoms with Crippen molar-refractivity contribution in [3.05, 3.63) is 35.3 Å². The molecule has 0 bridgehead atoms. The first-order valence-corrected chi connectivity index (χ1v) is 3.86. The van der Waals surface area contributed by atoms with E-state index in [4.69, 9.17) is 4.42 Å². The Kier molecular flexibility index (Phi) is 1.65. The Labute approximate surface area is 74.0 Å². The van der Waals surface area contributed by atoms with Crippen LogP contribution in [0.3, 0.4) is 0 Å². The molecule has 0 aliphatic heterocycles. The molecule has 13 heavy (non-hydrogen) atoms. The summed E-state index contributed by atoms with van der Waals surface area (Å²) >= 11 is 0. The molecule has 1 aromatic carbocycles. The van der Waals surface area contributed by atoms with Crippen molar-refractivity contribution in [2.24, 2.45) is 0 Å². The van der Waals surface area contributed by atoms with Crippen molar-refractivity contribution in [1.82, 2.24) is 0 Å². The van der Waals surface area contributed by atoms with E-state index in [1.165, 1.54) is 6.07 Å². The van der Waals surface area contributed by atoms with Crippen LogP contribution in [0.15, 0.2) is 22.6 Å². The van der Waals surface area contributed by atoms with Gasteiger partial charge < -0.3 is 4.42 Å². The van der Waals surface area contributed by atoms with Gasteiger partial charge in [0.05, 0.1) is 0 Å². The van der Waals surface area contributed by atoms with E-state index < -0.39 is 5.82 Å². The van der Waals surface area contributed by atoms with Crippen molar-refractivity contribution in [3.8, 4) is 0 Å². The average molecular weight is 178 g/mol. The average Bonchev–Trinajstić information content (AvgIpc) is 2.55. The van der Waals surface area contributed by atoms with Gasteiger partial charge in [-0.15, -0.1) is 0 Å². The summed E-state index contributed by atoms with van der Waals surface area (Å²) in [6, 6.07) is 4.90. The minimum Gasteiger partial charge on any atom is -0.450 e. The Hall–Kier alpha value is -1.64. The van der Waals surface area contributed by atoms with Gasteiger partial charge in [0.1, 0.15) is 0 Å². The molecule has 0 saturated heterocycles.